The molecule has 0 saturated carbocycles. The minimum atomic E-state index is 0.326. The van der Waals surface area contributed by atoms with Gasteiger partial charge in [-0.25, -0.2) is 4.85 Å². The minimum Gasteiger partial charge on any atom is -0.309 e. The van der Waals surface area contributed by atoms with Gasteiger partial charge in [-0.2, -0.15) is 5.26 Å². The van der Waals surface area contributed by atoms with E-state index < -0.39 is 0 Å². The molecule has 0 amide bonds. The van der Waals surface area contributed by atoms with Crippen LogP contribution in [-0.4, -0.2) is 13.7 Å². The molecule has 3 heterocycles. The fourth-order valence-corrected chi connectivity index (χ4v) is 8.80. The Morgan fingerprint density at radius 2 is 0.945 bits per heavy atom. The van der Waals surface area contributed by atoms with Crippen molar-refractivity contribution < 1.29 is 0 Å². The first-order valence-electron chi connectivity index (χ1n) is 18.3. The summed E-state index contributed by atoms with van der Waals surface area (Å²) in [6.45, 7) is 8.09. The van der Waals surface area contributed by atoms with Crippen LogP contribution < -0.4 is 0 Å². The van der Waals surface area contributed by atoms with Crippen molar-refractivity contribution in [3.05, 3.63) is 193 Å². The molecule has 0 saturated heterocycles. The van der Waals surface area contributed by atoms with E-state index in [9.17, 15) is 5.26 Å². The second-order valence-corrected chi connectivity index (χ2v) is 13.9. The highest BCUT2D eigenvalue weighted by molar-refractivity contribution is 6.18. The van der Waals surface area contributed by atoms with Gasteiger partial charge in [0, 0.05) is 38.0 Å². The largest absolute Gasteiger partial charge is 0.309 e. The van der Waals surface area contributed by atoms with Crippen LogP contribution in [0.3, 0.4) is 0 Å². The summed E-state index contributed by atoms with van der Waals surface area (Å²) >= 11 is 0. The Bertz CT molecular complexity index is 3400. The van der Waals surface area contributed by atoms with Crippen LogP contribution in [0.15, 0.2) is 176 Å². The SMILES string of the molecule is [C-]#[N+]c1cc(-n2c3ccccc3c3ccccc32)c(-n2c3ccccc3c3c(-c4ccc5c6ccccc6n(-c6ccccc6)c5c4)cccc32)cc1C#N. The number of fused-ring (bicyclic) bond motifs is 9. The predicted octanol–water partition coefficient (Wildman–Crippen LogP) is 13.1. The Kier molecular flexibility index (Phi) is 6.61. The average molecular weight is 700 g/mol. The lowest BCUT2D eigenvalue weighted by Crippen LogP contribution is -2.04. The average Bonchev–Trinajstić information content (AvgIpc) is 3.89. The molecule has 0 bridgehead atoms. The topological polar surface area (TPSA) is 42.9 Å². The van der Waals surface area contributed by atoms with E-state index in [1.807, 2.05) is 12.1 Å². The molecule has 0 atom stereocenters. The number of aromatic nitrogens is 3. The highest BCUT2D eigenvalue weighted by Gasteiger charge is 2.23. The van der Waals surface area contributed by atoms with E-state index in [4.69, 9.17) is 6.57 Å². The van der Waals surface area contributed by atoms with Crippen molar-refractivity contribution in [2.24, 2.45) is 0 Å². The molecule has 0 spiro atoms. The summed E-state index contributed by atoms with van der Waals surface area (Å²) in [4.78, 5) is 3.85. The fourth-order valence-electron chi connectivity index (χ4n) is 8.80. The molecule has 5 heteroatoms. The molecule has 8 aromatic carbocycles. The molecule has 0 unspecified atom stereocenters. The van der Waals surface area contributed by atoms with Gasteiger partial charge in [0.2, 0.25) is 5.69 Å². The van der Waals surface area contributed by atoms with Gasteiger partial charge in [0.15, 0.2) is 0 Å². The standard InChI is InChI=1S/C50H29N5/c1-52-41-30-49(54-43-22-10-6-16-36(43)37-17-7-11-23-44(37)54)48(29-33(41)31-51)55-45-24-12-8-19-40(45)50-35(20-13-25-46(50)55)32-26-27-39-38-18-5-9-21-42(38)53(47(39)28-32)34-14-3-2-4-15-34/h2-30H. The summed E-state index contributed by atoms with van der Waals surface area (Å²) in [7, 11) is 0. The minimum absolute atomic E-state index is 0.326. The first-order valence-corrected chi connectivity index (χ1v) is 18.3. The molecule has 0 aliphatic rings. The second-order valence-electron chi connectivity index (χ2n) is 13.9. The monoisotopic (exact) mass is 699 g/mol. The van der Waals surface area contributed by atoms with Crippen molar-refractivity contribution in [1.29, 1.82) is 5.26 Å². The molecule has 0 aliphatic heterocycles. The van der Waals surface area contributed by atoms with E-state index >= 15 is 0 Å². The Morgan fingerprint density at radius 3 is 1.58 bits per heavy atom. The summed E-state index contributed by atoms with van der Waals surface area (Å²) < 4.78 is 6.88. The van der Waals surface area contributed by atoms with Gasteiger partial charge in [-0.1, -0.05) is 115 Å². The van der Waals surface area contributed by atoms with Gasteiger partial charge in [0.1, 0.15) is 0 Å². The molecule has 3 aromatic heterocycles. The first kappa shape index (κ1) is 30.7. The molecule has 11 rings (SSSR count). The van der Waals surface area contributed by atoms with Crippen LogP contribution >= 0.6 is 0 Å². The summed E-state index contributed by atoms with van der Waals surface area (Å²) in [5, 5.41) is 17.3. The molecule has 0 aliphatic carbocycles. The van der Waals surface area contributed by atoms with E-state index in [2.05, 4.69) is 188 Å². The van der Waals surface area contributed by atoms with Gasteiger partial charge in [-0.3, -0.25) is 0 Å². The molecule has 0 radical (unpaired) electrons. The maximum Gasteiger partial charge on any atom is 0.206 e. The molecule has 0 N–H and O–H groups in total. The third-order valence-electron chi connectivity index (χ3n) is 11.1. The van der Waals surface area contributed by atoms with E-state index in [1.165, 1.54) is 16.3 Å². The summed E-state index contributed by atoms with van der Waals surface area (Å²) in [6.07, 6.45) is 0. The lowest BCUT2D eigenvalue weighted by Gasteiger charge is -2.18. The van der Waals surface area contributed by atoms with Crippen molar-refractivity contribution >= 4 is 71.1 Å². The number of hydrogen-bond donors (Lipinski definition) is 0. The summed E-state index contributed by atoms with van der Waals surface area (Å²) in [5.74, 6) is 0. The van der Waals surface area contributed by atoms with Crippen LogP contribution in [-0.2, 0) is 0 Å². The smallest absolute Gasteiger partial charge is 0.206 e. The Hall–Kier alpha value is -7.86. The number of hydrogen-bond acceptors (Lipinski definition) is 1. The normalized spacial score (nSPS) is 11.6. The number of para-hydroxylation sites is 5. The van der Waals surface area contributed by atoms with E-state index in [-0.39, 0.29) is 0 Å². The van der Waals surface area contributed by atoms with Crippen molar-refractivity contribution in [3.8, 4) is 34.3 Å². The van der Waals surface area contributed by atoms with Gasteiger partial charge >= 0.3 is 0 Å². The molecule has 5 nitrogen and oxygen atoms in total. The Labute approximate surface area is 316 Å². The van der Waals surface area contributed by atoms with Gasteiger partial charge in [0.25, 0.3) is 0 Å². The third-order valence-corrected chi connectivity index (χ3v) is 11.1. The van der Waals surface area contributed by atoms with E-state index in [1.54, 1.807) is 0 Å². The van der Waals surface area contributed by atoms with Crippen LogP contribution in [0.25, 0.3) is 98.5 Å². The zero-order valence-corrected chi connectivity index (χ0v) is 29.5. The van der Waals surface area contributed by atoms with Crippen LogP contribution in [0.2, 0.25) is 0 Å². The predicted molar refractivity (Wildman–Crippen MR) is 226 cm³/mol. The number of rotatable bonds is 4. The molecule has 11 aromatic rings. The highest BCUT2D eigenvalue weighted by Crippen LogP contribution is 2.44. The van der Waals surface area contributed by atoms with Crippen LogP contribution in [0.5, 0.6) is 0 Å². The summed E-state index contributed by atoms with van der Waals surface area (Å²) in [6, 6.07) is 63.9. The maximum atomic E-state index is 10.4. The van der Waals surface area contributed by atoms with Gasteiger partial charge < -0.3 is 13.7 Å². The lowest BCUT2D eigenvalue weighted by atomic mass is 9.98. The van der Waals surface area contributed by atoms with Gasteiger partial charge in [-0.05, 0) is 71.8 Å². The van der Waals surface area contributed by atoms with Crippen molar-refractivity contribution in [2.75, 3.05) is 0 Å². The van der Waals surface area contributed by atoms with Crippen LogP contribution in [0.4, 0.5) is 5.69 Å². The highest BCUT2D eigenvalue weighted by atomic mass is 15.1. The van der Waals surface area contributed by atoms with Crippen LogP contribution in [0.1, 0.15) is 5.56 Å². The zero-order chi connectivity index (χ0) is 36.6. The number of nitriles is 1. The van der Waals surface area contributed by atoms with E-state index in [0.29, 0.717) is 11.3 Å². The van der Waals surface area contributed by atoms with Crippen molar-refractivity contribution in [3.63, 3.8) is 0 Å². The van der Waals surface area contributed by atoms with Crippen LogP contribution in [0, 0.1) is 17.9 Å². The van der Waals surface area contributed by atoms with Gasteiger partial charge in [0.05, 0.1) is 62.7 Å². The Balaban J connectivity index is 1.24. The molecular formula is C50H29N5. The molecule has 55 heavy (non-hydrogen) atoms. The van der Waals surface area contributed by atoms with Crippen molar-refractivity contribution in [2.45, 2.75) is 0 Å². The Morgan fingerprint density at radius 1 is 0.436 bits per heavy atom. The number of benzene rings is 8. The fraction of sp³-hybridized carbons (Fsp3) is 0. The molecule has 0 fully saturated rings. The third kappa shape index (κ3) is 4.39. The first-order chi connectivity index (χ1) is 27.2. The molecule has 254 valence electrons. The second kappa shape index (κ2) is 11.8. The summed E-state index contributed by atoms with van der Waals surface area (Å²) in [5.41, 5.74) is 12.1. The lowest BCUT2D eigenvalue weighted by molar-refractivity contribution is 1.09. The number of nitrogens with zero attached hydrogens (tertiary/aromatic N) is 5. The zero-order valence-electron chi connectivity index (χ0n) is 29.5. The molecular weight excluding hydrogens is 671 g/mol. The van der Waals surface area contributed by atoms with Crippen molar-refractivity contribution in [1.82, 2.24) is 13.7 Å². The quantitative estimate of drug-likeness (QED) is 0.169. The van der Waals surface area contributed by atoms with E-state index in [0.717, 1.165) is 77.3 Å². The van der Waals surface area contributed by atoms with Gasteiger partial charge in [-0.15, -0.1) is 0 Å². The maximum absolute atomic E-state index is 10.4.